The molecular formula is C12H16ClNO4. The highest BCUT2D eigenvalue weighted by Crippen LogP contribution is 2.40. The van der Waals surface area contributed by atoms with Gasteiger partial charge in [-0.25, -0.2) is 0 Å². The molecule has 18 heavy (non-hydrogen) atoms. The maximum Gasteiger partial charge on any atom is 0.305 e. The van der Waals surface area contributed by atoms with Crippen molar-refractivity contribution in [3.05, 3.63) is 22.2 Å². The van der Waals surface area contributed by atoms with Crippen molar-refractivity contribution in [1.29, 1.82) is 0 Å². The fourth-order valence-electron chi connectivity index (χ4n) is 1.86. The highest BCUT2D eigenvalue weighted by Gasteiger charge is 2.21. The van der Waals surface area contributed by atoms with Gasteiger partial charge in [-0.05, 0) is 13.0 Å². The summed E-state index contributed by atoms with van der Waals surface area (Å²) in [6, 6.07) is 0.902. The molecule has 1 aromatic rings. The van der Waals surface area contributed by atoms with E-state index in [0.29, 0.717) is 27.6 Å². The van der Waals surface area contributed by atoms with Crippen molar-refractivity contribution in [3.63, 3.8) is 0 Å². The van der Waals surface area contributed by atoms with Gasteiger partial charge in [-0.15, -0.1) is 0 Å². The van der Waals surface area contributed by atoms with Crippen molar-refractivity contribution < 1.29 is 19.4 Å². The third kappa shape index (κ3) is 2.86. The highest BCUT2D eigenvalue weighted by atomic mass is 35.5. The Morgan fingerprint density at radius 1 is 1.44 bits per heavy atom. The molecule has 0 aromatic heterocycles. The van der Waals surface area contributed by atoms with Gasteiger partial charge in [0.2, 0.25) is 0 Å². The number of hydrogen-bond acceptors (Lipinski definition) is 4. The maximum absolute atomic E-state index is 10.7. The summed E-state index contributed by atoms with van der Waals surface area (Å²) in [5.74, 6) is 0.0268. The number of aliphatic carboxylic acids is 1. The zero-order valence-corrected chi connectivity index (χ0v) is 11.2. The molecule has 0 bridgehead atoms. The number of rotatable bonds is 5. The number of methoxy groups -OCH3 is 2. The minimum Gasteiger partial charge on any atom is -0.496 e. The van der Waals surface area contributed by atoms with Crippen LogP contribution in [0.1, 0.15) is 23.6 Å². The van der Waals surface area contributed by atoms with Gasteiger partial charge in [-0.1, -0.05) is 11.6 Å². The lowest BCUT2D eigenvalue weighted by Crippen LogP contribution is -2.16. The maximum atomic E-state index is 10.7. The third-order valence-electron chi connectivity index (χ3n) is 2.64. The number of carboxylic acids is 1. The minimum atomic E-state index is -0.978. The second kappa shape index (κ2) is 5.93. The van der Waals surface area contributed by atoms with Gasteiger partial charge in [0.25, 0.3) is 0 Å². The molecule has 5 nitrogen and oxygen atoms in total. The number of halogens is 1. The summed E-state index contributed by atoms with van der Waals surface area (Å²) >= 11 is 6.06. The minimum absolute atomic E-state index is 0.196. The van der Waals surface area contributed by atoms with Gasteiger partial charge in [-0.3, -0.25) is 4.79 Å². The fourth-order valence-corrected chi connectivity index (χ4v) is 2.20. The molecule has 0 saturated carbocycles. The second-order valence-corrected chi connectivity index (χ2v) is 4.25. The van der Waals surface area contributed by atoms with E-state index in [2.05, 4.69) is 0 Å². The lowest BCUT2D eigenvalue weighted by Gasteiger charge is -2.19. The van der Waals surface area contributed by atoms with Crippen molar-refractivity contribution >= 4 is 17.6 Å². The van der Waals surface area contributed by atoms with Gasteiger partial charge in [-0.2, -0.15) is 0 Å². The van der Waals surface area contributed by atoms with Crippen LogP contribution < -0.4 is 15.2 Å². The molecule has 1 atom stereocenters. The van der Waals surface area contributed by atoms with Crippen molar-refractivity contribution in [2.45, 2.75) is 19.4 Å². The lowest BCUT2D eigenvalue weighted by atomic mass is 10.00. The van der Waals surface area contributed by atoms with Crippen LogP contribution >= 0.6 is 11.6 Å². The quantitative estimate of drug-likeness (QED) is 0.859. The van der Waals surface area contributed by atoms with Crippen LogP contribution in [0, 0.1) is 6.92 Å². The molecule has 1 aromatic carbocycles. The van der Waals surface area contributed by atoms with Crippen LogP contribution in [0.15, 0.2) is 6.07 Å². The van der Waals surface area contributed by atoms with Crippen molar-refractivity contribution in [2.24, 2.45) is 5.73 Å². The smallest absolute Gasteiger partial charge is 0.305 e. The first kappa shape index (κ1) is 14.6. The summed E-state index contributed by atoms with van der Waals surface area (Å²) in [4.78, 5) is 10.7. The van der Waals surface area contributed by atoms with Crippen LogP contribution in [-0.2, 0) is 4.79 Å². The molecule has 6 heteroatoms. The van der Waals surface area contributed by atoms with E-state index in [1.165, 1.54) is 14.2 Å². The monoisotopic (exact) mass is 273 g/mol. The highest BCUT2D eigenvalue weighted by molar-refractivity contribution is 6.32. The largest absolute Gasteiger partial charge is 0.496 e. The molecule has 1 rings (SSSR count). The molecular weight excluding hydrogens is 258 g/mol. The Morgan fingerprint density at radius 2 is 2.00 bits per heavy atom. The molecule has 0 spiro atoms. The van der Waals surface area contributed by atoms with Crippen molar-refractivity contribution in [3.8, 4) is 11.5 Å². The lowest BCUT2D eigenvalue weighted by molar-refractivity contribution is -0.137. The molecule has 1 unspecified atom stereocenters. The standard InChI is InChI=1S/C12H16ClNO4/c1-6-11(17-2)7(9(14)5-10(15)16)4-8(13)12(6)18-3/h4,9H,5,14H2,1-3H3,(H,15,16). The normalized spacial score (nSPS) is 12.1. The zero-order valence-electron chi connectivity index (χ0n) is 10.5. The predicted molar refractivity (Wildman–Crippen MR) is 68.5 cm³/mol. The molecule has 0 aliphatic carbocycles. The summed E-state index contributed by atoms with van der Waals surface area (Å²) in [6.07, 6.45) is -0.196. The number of carbonyl (C=O) groups is 1. The molecule has 0 saturated heterocycles. The Balaban J connectivity index is 3.31. The average Bonchev–Trinajstić information content (AvgIpc) is 2.28. The Kier molecular flexibility index (Phi) is 4.81. The van der Waals surface area contributed by atoms with Gasteiger partial charge in [0.05, 0.1) is 25.7 Å². The number of carboxylic acid groups (broad SMARTS) is 1. The van der Waals surface area contributed by atoms with E-state index in [-0.39, 0.29) is 6.42 Å². The van der Waals surface area contributed by atoms with E-state index in [4.69, 9.17) is 31.9 Å². The molecule has 0 fully saturated rings. The zero-order chi connectivity index (χ0) is 13.9. The van der Waals surface area contributed by atoms with Crippen molar-refractivity contribution in [2.75, 3.05) is 14.2 Å². The molecule has 0 aliphatic rings. The topological polar surface area (TPSA) is 81.8 Å². The van der Waals surface area contributed by atoms with E-state index in [9.17, 15) is 4.79 Å². The van der Waals surface area contributed by atoms with Crippen molar-refractivity contribution in [1.82, 2.24) is 0 Å². The SMILES string of the molecule is COc1c(Cl)cc(C(N)CC(=O)O)c(OC)c1C. The predicted octanol–water partition coefficient (Wildman–Crippen LogP) is 2.14. The van der Waals surface area contributed by atoms with E-state index in [1.807, 2.05) is 0 Å². The summed E-state index contributed by atoms with van der Waals surface area (Å²) in [6.45, 7) is 1.78. The fraction of sp³-hybridized carbons (Fsp3) is 0.417. The van der Waals surface area contributed by atoms with E-state index >= 15 is 0 Å². The van der Waals surface area contributed by atoms with E-state index in [0.717, 1.165) is 0 Å². The Hall–Kier alpha value is -1.46. The molecule has 0 amide bonds. The summed E-state index contributed by atoms with van der Waals surface area (Å²) < 4.78 is 10.4. The Labute approximate surface area is 110 Å². The molecule has 3 N–H and O–H groups in total. The average molecular weight is 274 g/mol. The third-order valence-corrected chi connectivity index (χ3v) is 2.93. The number of nitrogens with two attached hydrogens (primary N) is 1. The number of hydrogen-bond donors (Lipinski definition) is 2. The Bertz CT molecular complexity index is 462. The van der Waals surface area contributed by atoms with Crippen LogP contribution in [0.25, 0.3) is 0 Å². The number of benzene rings is 1. The van der Waals surface area contributed by atoms with Crippen LogP contribution in [0.3, 0.4) is 0 Å². The van der Waals surface area contributed by atoms with Crippen LogP contribution in [-0.4, -0.2) is 25.3 Å². The molecule has 0 aliphatic heterocycles. The van der Waals surface area contributed by atoms with Gasteiger partial charge in [0.15, 0.2) is 0 Å². The van der Waals surface area contributed by atoms with Gasteiger partial charge >= 0.3 is 5.97 Å². The first-order chi connectivity index (χ1) is 8.42. The molecule has 0 heterocycles. The van der Waals surface area contributed by atoms with Crippen LogP contribution in [0.5, 0.6) is 11.5 Å². The van der Waals surface area contributed by atoms with Gasteiger partial charge < -0.3 is 20.3 Å². The summed E-state index contributed by atoms with van der Waals surface area (Å²) in [5.41, 5.74) is 7.10. The van der Waals surface area contributed by atoms with Gasteiger partial charge in [0, 0.05) is 17.2 Å². The van der Waals surface area contributed by atoms with Crippen LogP contribution in [0.4, 0.5) is 0 Å². The Morgan fingerprint density at radius 3 is 2.44 bits per heavy atom. The first-order valence-corrected chi connectivity index (χ1v) is 5.68. The summed E-state index contributed by atoms with van der Waals surface area (Å²) in [5, 5.41) is 9.15. The van der Waals surface area contributed by atoms with Crippen LogP contribution in [0.2, 0.25) is 5.02 Å². The molecule has 0 radical (unpaired) electrons. The first-order valence-electron chi connectivity index (χ1n) is 5.30. The number of ether oxygens (including phenoxy) is 2. The molecule has 100 valence electrons. The summed E-state index contributed by atoms with van der Waals surface area (Å²) in [7, 11) is 3.00. The van der Waals surface area contributed by atoms with E-state index in [1.54, 1.807) is 13.0 Å². The van der Waals surface area contributed by atoms with Gasteiger partial charge in [0.1, 0.15) is 11.5 Å². The van der Waals surface area contributed by atoms with E-state index < -0.39 is 12.0 Å². The second-order valence-electron chi connectivity index (χ2n) is 3.84.